The summed E-state index contributed by atoms with van der Waals surface area (Å²) in [6.45, 7) is 0.501. The molecule has 3 nitrogen and oxygen atoms in total. The minimum absolute atomic E-state index is 0. The van der Waals surface area contributed by atoms with E-state index >= 15 is 0 Å². The summed E-state index contributed by atoms with van der Waals surface area (Å²) in [4.78, 5) is 12.3. The van der Waals surface area contributed by atoms with Gasteiger partial charge in [-0.1, -0.05) is 12.1 Å². The third-order valence-corrected chi connectivity index (χ3v) is 3.19. The average molecular weight is 260 g/mol. The number of alkyl carbamates (subject to hydrolysis) is 1. The Morgan fingerprint density at radius 2 is 2.06 bits per heavy atom. The molecular formula is C11H14ClNO2S. The number of ether oxygens (including phenoxy) is 1. The number of nitrogens with one attached hydrogen (secondary N) is 1. The van der Waals surface area contributed by atoms with E-state index in [-0.39, 0.29) is 24.5 Å². The molecule has 0 aliphatic carbocycles. The fraction of sp³-hybridized carbons (Fsp3) is 0.364. The SMILES string of the molecule is CSc1ccc([C@@H]2CCOC(=O)N2)cc1.Cl. The van der Waals surface area contributed by atoms with Crippen molar-refractivity contribution in [2.75, 3.05) is 12.9 Å². The summed E-state index contributed by atoms with van der Waals surface area (Å²) in [5.74, 6) is 0. The van der Waals surface area contributed by atoms with E-state index in [1.807, 2.05) is 6.26 Å². The van der Waals surface area contributed by atoms with Gasteiger partial charge >= 0.3 is 6.09 Å². The molecule has 1 heterocycles. The zero-order chi connectivity index (χ0) is 10.7. The Hall–Kier alpha value is -0.870. The Balaban J connectivity index is 0.00000128. The van der Waals surface area contributed by atoms with Crippen molar-refractivity contribution in [3.05, 3.63) is 29.8 Å². The number of halogens is 1. The molecule has 1 saturated heterocycles. The lowest BCUT2D eigenvalue weighted by molar-refractivity contribution is 0.115. The Morgan fingerprint density at radius 3 is 2.62 bits per heavy atom. The number of rotatable bonds is 2. The summed E-state index contributed by atoms with van der Waals surface area (Å²) in [5, 5.41) is 2.80. The second kappa shape index (κ2) is 6.01. The highest BCUT2D eigenvalue weighted by atomic mass is 35.5. The molecule has 0 saturated carbocycles. The summed E-state index contributed by atoms with van der Waals surface area (Å²) >= 11 is 1.71. The predicted molar refractivity (Wildman–Crippen MR) is 67.3 cm³/mol. The first-order chi connectivity index (χ1) is 7.29. The number of thioether (sulfide) groups is 1. The maximum absolute atomic E-state index is 11.0. The molecule has 1 aromatic rings. The molecule has 0 aromatic heterocycles. The van der Waals surface area contributed by atoms with Gasteiger partial charge in [-0.2, -0.15) is 0 Å². The van der Waals surface area contributed by atoms with Crippen molar-refractivity contribution < 1.29 is 9.53 Å². The molecular weight excluding hydrogens is 246 g/mol. The number of amides is 1. The number of benzene rings is 1. The van der Waals surface area contributed by atoms with E-state index in [1.54, 1.807) is 11.8 Å². The monoisotopic (exact) mass is 259 g/mol. The van der Waals surface area contributed by atoms with E-state index in [0.717, 1.165) is 12.0 Å². The first kappa shape index (κ1) is 13.2. The Labute approximate surface area is 105 Å². The number of carbonyl (C=O) groups is 1. The average Bonchev–Trinajstić information content (AvgIpc) is 2.29. The highest BCUT2D eigenvalue weighted by molar-refractivity contribution is 7.98. The molecule has 1 aliphatic rings. The third-order valence-electron chi connectivity index (χ3n) is 2.45. The molecule has 1 aromatic carbocycles. The van der Waals surface area contributed by atoms with Gasteiger partial charge in [0.25, 0.3) is 0 Å². The van der Waals surface area contributed by atoms with Gasteiger partial charge in [0.1, 0.15) is 0 Å². The van der Waals surface area contributed by atoms with Gasteiger partial charge in [-0.25, -0.2) is 4.79 Å². The highest BCUT2D eigenvalue weighted by Crippen LogP contribution is 2.22. The van der Waals surface area contributed by atoms with E-state index < -0.39 is 0 Å². The molecule has 1 N–H and O–H groups in total. The molecule has 16 heavy (non-hydrogen) atoms. The molecule has 1 aliphatic heterocycles. The molecule has 2 rings (SSSR count). The number of carbonyl (C=O) groups excluding carboxylic acids is 1. The van der Waals surface area contributed by atoms with E-state index in [0.29, 0.717) is 6.61 Å². The van der Waals surface area contributed by atoms with Gasteiger partial charge < -0.3 is 10.1 Å². The summed E-state index contributed by atoms with van der Waals surface area (Å²) < 4.78 is 4.82. The van der Waals surface area contributed by atoms with Crippen molar-refractivity contribution in [2.24, 2.45) is 0 Å². The number of hydrogen-bond donors (Lipinski definition) is 1. The van der Waals surface area contributed by atoms with Crippen LogP contribution in [0.15, 0.2) is 29.2 Å². The molecule has 1 amide bonds. The fourth-order valence-corrected chi connectivity index (χ4v) is 2.02. The van der Waals surface area contributed by atoms with Crippen LogP contribution in [-0.2, 0) is 4.74 Å². The van der Waals surface area contributed by atoms with Crippen molar-refractivity contribution >= 4 is 30.3 Å². The van der Waals surface area contributed by atoms with Crippen molar-refractivity contribution in [3.8, 4) is 0 Å². The van der Waals surface area contributed by atoms with Crippen LogP contribution < -0.4 is 5.32 Å². The molecule has 1 fully saturated rings. The van der Waals surface area contributed by atoms with Crippen LogP contribution in [0.5, 0.6) is 0 Å². The third kappa shape index (κ3) is 3.06. The zero-order valence-corrected chi connectivity index (χ0v) is 10.6. The highest BCUT2D eigenvalue weighted by Gasteiger charge is 2.20. The van der Waals surface area contributed by atoms with E-state index in [9.17, 15) is 4.79 Å². The smallest absolute Gasteiger partial charge is 0.407 e. The summed E-state index contributed by atoms with van der Waals surface area (Å²) in [6, 6.07) is 8.36. The van der Waals surface area contributed by atoms with Crippen molar-refractivity contribution in [2.45, 2.75) is 17.4 Å². The van der Waals surface area contributed by atoms with Crippen LogP contribution in [0.1, 0.15) is 18.0 Å². The second-order valence-electron chi connectivity index (χ2n) is 3.39. The van der Waals surface area contributed by atoms with E-state index in [4.69, 9.17) is 4.74 Å². The second-order valence-corrected chi connectivity index (χ2v) is 4.27. The lowest BCUT2D eigenvalue weighted by Gasteiger charge is -2.23. The van der Waals surface area contributed by atoms with Crippen LogP contribution in [-0.4, -0.2) is 19.0 Å². The van der Waals surface area contributed by atoms with Crippen LogP contribution in [0.2, 0.25) is 0 Å². The molecule has 5 heteroatoms. The summed E-state index contributed by atoms with van der Waals surface area (Å²) in [6.07, 6.45) is 2.57. The van der Waals surface area contributed by atoms with Gasteiger partial charge in [0.15, 0.2) is 0 Å². The molecule has 1 atom stereocenters. The first-order valence-electron chi connectivity index (χ1n) is 4.87. The normalized spacial score (nSPS) is 19.3. The lowest BCUT2D eigenvalue weighted by atomic mass is 10.0. The lowest BCUT2D eigenvalue weighted by Crippen LogP contribution is -2.35. The predicted octanol–water partition coefficient (Wildman–Crippen LogP) is 3.00. The largest absolute Gasteiger partial charge is 0.449 e. The quantitative estimate of drug-likeness (QED) is 0.830. The number of hydrogen-bond acceptors (Lipinski definition) is 3. The molecule has 0 spiro atoms. The number of cyclic esters (lactones) is 1. The Kier molecular flexibility index (Phi) is 4.96. The topological polar surface area (TPSA) is 38.3 Å². The first-order valence-corrected chi connectivity index (χ1v) is 6.09. The molecule has 0 bridgehead atoms. The van der Waals surface area contributed by atoms with E-state index in [2.05, 4.69) is 29.6 Å². The van der Waals surface area contributed by atoms with Crippen LogP contribution in [0.25, 0.3) is 0 Å². The van der Waals surface area contributed by atoms with Crippen LogP contribution >= 0.6 is 24.2 Å². The van der Waals surface area contributed by atoms with Crippen LogP contribution in [0, 0.1) is 0 Å². The maximum Gasteiger partial charge on any atom is 0.407 e. The zero-order valence-electron chi connectivity index (χ0n) is 8.93. The van der Waals surface area contributed by atoms with Gasteiger partial charge in [0, 0.05) is 11.3 Å². The Bertz CT molecular complexity index is 356. The van der Waals surface area contributed by atoms with Crippen LogP contribution in [0.4, 0.5) is 4.79 Å². The Morgan fingerprint density at radius 1 is 1.38 bits per heavy atom. The van der Waals surface area contributed by atoms with Crippen molar-refractivity contribution in [1.82, 2.24) is 5.32 Å². The summed E-state index contributed by atoms with van der Waals surface area (Å²) in [7, 11) is 0. The molecule has 0 radical (unpaired) electrons. The van der Waals surface area contributed by atoms with Crippen molar-refractivity contribution in [1.29, 1.82) is 0 Å². The van der Waals surface area contributed by atoms with Gasteiger partial charge in [-0.15, -0.1) is 24.2 Å². The van der Waals surface area contributed by atoms with E-state index in [1.165, 1.54) is 4.90 Å². The molecule has 0 unspecified atom stereocenters. The van der Waals surface area contributed by atoms with Gasteiger partial charge in [0.05, 0.1) is 12.6 Å². The van der Waals surface area contributed by atoms with Gasteiger partial charge in [0.2, 0.25) is 0 Å². The standard InChI is InChI=1S/C11H13NO2S.ClH/c1-15-9-4-2-8(3-5-9)10-6-7-14-11(13)12-10;/h2-5,10H,6-7H2,1H3,(H,12,13);1H/t10-;/m0./s1. The minimum Gasteiger partial charge on any atom is -0.449 e. The summed E-state index contributed by atoms with van der Waals surface area (Å²) in [5.41, 5.74) is 1.14. The maximum atomic E-state index is 11.0. The van der Waals surface area contributed by atoms with Crippen molar-refractivity contribution in [3.63, 3.8) is 0 Å². The molecule has 88 valence electrons. The van der Waals surface area contributed by atoms with Gasteiger partial charge in [-0.3, -0.25) is 0 Å². The minimum atomic E-state index is -0.319. The van der Waals surface area contributed by atoms with Crippen LogP contribution in [0.3, 0.4) is 0 Å². The van der Waals surface area contributed by atoms with Gasteiger partial charge in [-0.05, 0) is 24.0 Å². The fourth-order valence-electron chi connectivity index (χ4n) is 1.61.